The molecule has 19 heavy (non-hydrogen) atoms. The van der Waals surface area contributed by atoms with Crippen molar-refractivity contribution in [2.45, 2.75) is 47.6 Å². The average molecular weight is 258 g/mol. The summed E-state index contributed by atoms with van der Waals surface area (Å²) in [5.41, 5.74) is 6.53. The molecule has 0 fully saturated rings. The van der Waals surface area contributed by atoms with Crippen LogP contribution in [0.5, 0.6) is 0 Å². The molecule has 0 saturated heterocycles. The molecule has 104 valence electrons. The van der Waals surface area contributed by atoms with E-state index >= 15 is 0 Å². The Bertz CT molecular complexity index is 469. The second-order valence-corrected chi connectivity index (χ2v) is 5.84. The summed E-state index contributed by atoms with van der Waals surface area (Å²) in [7, 11) is 1.95. The molecule has 2 unspecified atom stereocenters. The molecule has 0 aliphatic carbocycles. The summed E-state index contributed by atoms with van der Waals surface area (Å²) < 4.78 is 0. The van der Waals surface area contributed by atoms with Gasteiger partial charge in [0.2, 0.25) is 0 Å². The SMILES string of the molecule is CNC(c1c(C)c(C)cc(C)c1C)C(C#N)C(C)C. The quantitative estimate of drug-likeness (QED) is 0.886. The van der Waals surface area contributed by atoms with Crippen molar-refractivity contribution < 1.29 is 0 Å². The minimum absolute atomic E-state index is 0.0106. The van der Waals surface area contributed by atoms with Crippen molar-refractivity contribution in [2.75, 3.05) is 7.05 Å². The third-order valence-corrected chi connectivity index (χ3v) is 4.27. The van der Waals surface area contributed by atoms with Crippen LogP contribution in [0.1, 0.15) is 47.7 Å². The largest absolute Gasteiger partial charge is 0.312 e. The van der Waals surface area contributed by atoms with Crippen LogP contribution in [0.4, 0.5) is 0 Å². The topological polar surface area (TPSA) is 35.8 Å². The zero-order valence-corrected chi connectivity index (χ0v) is 13.3. The van der Waals surface area contributed by atoms with Gasteiger partial charge in [-0.1, -0.05) is 19.9 Å². The molecule has 0 heterocycles. The highest BCUT2D eigenvalue weighted by Gasteiger charge is 2.27. The average Bonchev–Trinajstić information content (AvgIpc) is 2.35. The van der Waals surface area contributed by atoms with Crippen LogP contribution in [0.2, 0.25) is 0 Å². The number of nitriles is 1. The zero-order valence-electron chi connectivity index (χ0n) is 13.3. The van der Waals surface area contributed by atoms with Crippen molar-refractivity contribution in [2.24, 2.45) is 11.8 Å². The molecule has 2 nitrogen and oxygen atoms in total. The van der Waals surface area contributed by atoms with E-state index < -0.39 is 0 Å². The molecule has 2 atom stereocenters. The van der Waals surface area contributed by atoms with Gasteiger partial charge in [0.15, 0.2) is 0 Å². The maximum atomic E-state index is 9.49. The minimum Gasteiger partial charge on any atom is -0.312 e. The predicted molar refractivity (Wildman–Crippen MR) is 81.1 cm³/mol. The highest BCUT2D eigenvalue weighted by Crippen LogP contribution is 2.34. The van der Waals surface area contributed by atoms with Crippen LogP contribution >= 0.6 is 0 Å². The van der Waals surface area contributed by atoms with E-state index in [4.69, 9.17) is 0 Å². The van der Waals surface area contributed by atoms with E-state index in [0.29, 0.717) is 5.92 Å². The minimum atomic E-state index is -0.0106. The maximum absolute atomic E-state index is 9.49. The number of rotatable bonds is 4. The Hall–Kier alpha value is -1.33. The van der Waals surface area contributed by atoms with E-state index in [1.807, 2.05) is 7.05 Å². The summed E-state index contributed by atoms with van der Waals surface area (Å²) >= 11 is 0. The van der Waals surface area contributed by atoms with Gasteiger partial charge in [-0.3, -0.25) is 0 Å². The second kappa shape index (κ2) is 6.21. The van der Waals surface area contributed by atoms with Crippen LogP contribution in [0, 0.1) is 50.9 Å². The highest BCUT2D eigenvalue weighted by molar-refractivity contribution is 5.46. The first-order valence-electron chi connectivity index (χ1n) is 6.99. The molecule has 2 heteroatoms. The van der Waals surface area contributed by atoms with Gasteiger partial charge < -0.3 is 5.32 Å². The lowest BCUT2D eigenvalue weighted by Crippen LogP contribution is -2.29. The first-order chi connectivity index (χ1) is 8.84. The molecule has 0 aliphatic heterocycles. The van der Waals surface area contributed by atoms with Gasteiger partial charge in [0.05, 0.1) is 12.0 Å². The first kappa shape index (κ1) is 15.7. The molecule has 0 aliphatic rings. The fraction of sp³-hybridized carbons (Fsp3) is 0.588. The first-order valence-corrected chi connectivity index (χ1v) is 6.99. The molecule has 0 saturated carbocycles. The fourth-order valence-electron chi connectivity index (χ4n) is 2.83. The third kappa shape index (κ3) is 2.98. The van der Waals surface area contributed by atoms with Gasteiger partial charge in [-0.25, -0.2) is 0 Å². The van der Waals surface area contributed by atoms with E-state index in [-0.39, 0.29) is 12.0 Å². The Kier molecular flexibility index (Phi) is 5.14. The Labute approximate surface area is 117 Å². The van der Waals surface area contributed by atoms with Gasteiger partial charge in [0, 0.05) is 6.04 Å². The third-order valence-electron chi connectivity index (χ3n) is 4.27. The van der Waals surface area contributed by atoms with Crippen molar-refractivity contribution in [3.8, 4) is 6.07 Å². The fourth-order valence-corrected chi connectivity index (χ4v) is 2.83. The van der Waals surface area contributed by atoms with Crippen LogP contribution in [0.25, 0.3) is 0 Å². The summed E-state index contributed by atoms with van der Waals surface area (Å²) in [6.45, 7) is 12.9. The van der Waals surface area contributed by atoms with E-state index in [9.17, 15) is 5.26 Å². The lowest BCUT2D eigenvalue weighted by atomic mass is 9.80. The second-order valence-electron chi connectivity index (χ2n) is 5.84. The summed E-state index contributed by atoms with van der Waals surface area (Å²) in [5.74, 6) is 0.325. The molecular formula is C17H26N2. The standard InChI is InChI=1S/C17H26N2/c1-10(2)15(9-18)17(19-7)16-13(5)11(3)8-12(4)14(16)6/h8,10,15,17,19H,1-7H3. The van der Waals surface area contributed by atoms with Crippen LogP contribution in [-0.2, 0) is 0 Å². The van der Waals surface area contributed by atoms with Crippen LogP contribution < -0.4 is 5.32 Å². The normalized spacial score (nSPS) is 14.3. The Morgan fingerprint density at radius 3 is 1.84 bits per heavy atom. The maximum Gasteiger partial charge on any atom is 0.0681 e. The van der Waals surface area contributed by atoms with Crippen molar-refractivity contribution in [3.63, 3.8) is 0 Å². The van der Waals surface area contributed by atoms with Gasteiger partial charge in [0.1, 0.15) is 0 Å². The van der Waals surface area contributed by atoms with Gasteiger partial charge in [0.25, 0.3) is 0 Å². The van der Waals surface area contributed by atoms with E-state index in [1.54, 1.807) is 0 Å². The molecule has 0 spiro atoms. The molecule has 1 rings (SSSR count). The zero-order chi connectivity index (χ0) is 14.7. The number of benzene rings is 1. The number of nitrogens with one attached hydrogen (secondary N) is 1. The molecular weight excluding hydrogens is 232 g/mol. The monoisotopic (exact) mass is 258 g/mol. The summed E-state index contributed by atoms with van der Waals surface area (Å²) in [6.07, 6.45) is 0. The number of aryl methyl sites for hydroxylation is 2. The van der Waals surface area contributed by atoms with Crippen LogP contribution in [0.15, 0.2) is 6.07 Å². The number of hydrogen-bond acceptors (Lipinski definition) is 2. The van der Waals surface area contributed by atoms with E-state index in [2.05, 4.69) is 59.0 Å². The van der Waals surface area contributed by atoms with E-state index in [0.717, 1.165) is 0 Å². The Morgan fingerprint density at radius 1 is 1.05 bits per heavy atom. The van der Waals surface area contributed by atoms with Gasteiger partial charge in [-0.15, -0.1) is 0 Å². The van der Waals surface area contributed by atoms with Gasteiger partial charge in [-0.2, -0.15) is 5.26 Å². The van der Waals surface area contributed by atoms with E-state index in [1.165, 1.54) is 27.8 Å². The van der Waals surface area contributed by atoms with Gasteiger partial charge in [-0.05, 0) is 68.5 Å². The summed E-state index contributed by atoms with van der Waals surface area (Å²) in [6, 6.07) is 4.82. The predicted octanol–water partition coefficient (Wildman–Crippen LogP) is 3.98. The molecule has 0 aromatic heterocycles. The molecule has 1 aromatic carbocycles. The lowest BCUT2D eigenvalue weighted by Gasteiger charge is -2.29. The van der Waals surface area contributed by atoms with Crippen molar-refractivity contribution in [3.05, 3.63) is 33.9 Å². The molecule has 1 N–H and O–H groups in total. The molecule has 1 aromatic rings. The smallest absolute Gasteiger partial charge is 0.0681 e. The Balaban J connectivity index is 3.46. The van der Waals surface area contributed by atoms with Crippen molar-refractivity contribution >= 4 is 0 Å². The van der Waals surface area contributed by atoms with Crippen molar-refractivity contribution in [1.29, 1.82) is 5.26 Å². The van der Waals surface area contributed by atoms with Crippen LogP contribution in [0.3, 0.4) is 0 Å². The number of nitrogens with zero attached hydrogens (tertiary/aromatic N) is 1. The highest BCUT2D eigenvalue weighted by atomic mass is 14.9. The molecule has 0 radical (unpaired) electrons. The molecule has 0 amide bonds. The lowest BCUT2D eigenvalue weighted by molar-refractivity contribution is 0.360. The summed E-state index contributed by atoms with van der Waals surface area (Å²) in [5, 5.41) is 12.9. The van der Waals surface area contributed by atoms with Crippen molar-refractivity contribution in [1.82, 2.24) is 5.32 Å². The molecule has 0 bridgehead atoms. The van der Waals surface area contributed by atoms with Crippen LogP contribution in [-0.4, -0.2) is 7.05 Å². The van der Waals surface area contributed by atoms with Gasteiger partial charge >= 0.3 is 0 Å². The summed E-state index contributed by atoms with van der Waals surface area (Å²) in [4.78, 5) is 0. The Morgan fingerprint density at radius 2 is 1.53 bits per heavy atom. The number of hydrogen-bond donors (Lipinski definition) is 1.